The number of hydrogen-bond acceptors (Lipinski definition) is 2. The minimum Gasteiger partial charge on any atom is -0.350 e. The number of nitrogens with one attached hydrogen (secondary N) is 2. The molecule has 0 spiro atoms. The standard InChI is InChI=1S/C14H20ClFN2O/c1-9(13(19)18-14(2,3)4)17-8-10-5-6-11(15)7-12(10)16/h5-7,9,17H,8H2,1-4H3,(H,18,19). The van der Waals surface area contributed by atoms with Crippen LogP contribution in [-0.4, -0.2) is 17.5 Å². The Kier molecular flexibility index (Phi) is 5.32. The first-order chi connectivity index (χ1) is 8.69. The Morgan fingerprint density at radius 3 is 2.58 bits per heavy atom. The molecule has 1 amide bonds. The lowest BCUT2D eigenvalue weighted by Gasteiger charge is -2.23. The van der Waals surface area contributed by atoms with Crippen LogP contribution in [0.4, 0.5) is 4.39 Å². The summed E-state index contributed by atoms with van der Waals surface area (Å²) in [4.78, 5) is 11.8. The number of carbonyl (C=O) groups excluding carboxylic acids is 1. The fraction of sp³-hybridized carbons (Fsp3) is 0.500. The highest BCUT2D eigenvalue weighted by atomic mass is 35.5. The molecule has 0 aliphatic carbocycles. The van der Waals surface area contributed by atoms with Gasteiger partial charge in [-0.3, -0.25) is 4.79 Å². The molecular formula is C14H20ClFN2O. The van der Waals surface area contributed by atoms with Gasteiger partial charge in [-0.2, -0.15) is 0 Å². The molecule has 1 rings (SSSR count). The SMILES string of the molecule is CC(NCc1ccc(Cl)cc1F)C(=O)NC(C)(C)C. The minimum atomic E-state index is -0.394. The van der Waals surface area contributed by atoms with E-state index >= 15 is 0 Å². The van der Waals surface area contributed by atoms with Crippen molar-refractivity contribution in [2.24, 2.45) is 0 Å². The molecular weight excluding hydrogens is 267 g/mol. The summed E-state index contributed by atoms with van der Waals surface area (Å²) in [6, 6.07) is 4.10. The minimum absolute atomic E-state index is 0.109. The van der Waals surface area contributed by atoms with Gasteiger partial charge < -0.3 is 10.6 Å². The van der Waals surface area contributed by atoms with Gasteiger partial charge in [0.15, 0.2) is 0 Å². The van der Waals surface area contributed by atoms with Crippen LogP contribution in [-0.2, 0) is 11.3 Å². The first-order valence-corrected chi connectivity index (χ1v) is 6.56. The van der Waals surface area contributed by atoms with Crippen molar-refractivity contribution < 1.29 is 9.18 Å². The average molecular weight is 287 g/mol. The van der Waals surface area contributed by atoms with Crippen molar-refractivity contribution in [1.29, 1.82) is 0 Å². The molecule has 2 N–H and O–H groups in total. The van der Waals surface area contributed by atoms with Crippen molar-refractivity contribution in [3.8, 4) is 0 Å². The van der Waals surface area contributed by atoms with Crippen LogP contribution in [0.15, 0.2) is 18.2 Å². The number of halogens is 2. The van der Waals surface area contributed by atoms with E-state index in [0.717, 1.165) is 0 Å². The van der Waals surface area contributed by atoms with Crippen molar-refractivity contribution in [2.75, 3.05) is 0 Å². The van der Waals surface area contributed by atoms with Gasteiger partial charge in [-0.15, -0.1) is 0 Å². The molecule has 3 nitrogen and oxygen atoms in total. The highest BCUT2D eigenvalue weighted by Gasteiger charge is 2.19. The van der Waals surface area contributed by atoms with Gasteiger partial charge in [0, 0.05) is 22.7 Å². The van der Waals surface area contributed by atoms with Crippen molar-refractivity contribution >= 4 is 17.5 Å². The molecule has 0 aliphatic heterocycles. The normalized spacial score (nSPS) is 13.2. The van der Waals surface area contributed by atoms with E-state index < -0.39 is 6.04 Å². The Labute approximate surface area is 118 Å². The fourth-order valence-corrected chi connectivity index (χ4v) is 1.66. The monoisotopic (exact) mass is 286 g/mol. The second-order valence-electron chi connectivity index (χ2n) is 5.58. The van der Waals surface area contributed by atoms with E-state index in [1.165, 1.54) is 6.07 Å². The Morgan fingerprint density at radius 1 is 1.42 bits per heavy atom. The van der Waals surface area contributed by atoms with Crippen LogP contribution in [0.3, 0.4) is 0 Å². The zero-order chi connectivity index (χ0) is 14.6. The number of carbonyl (C=O) groups is 1. The van der Waals surface area contributed by atoms with Crippen molar-refractivity contribution in [3.05, 3.63) is 34.6 Å². The van der Waals surface area contributed by atoms with Crippen LogP contribution in [0.25, 0.3) is 0 Å². The summed E-state index contributed by atoms with van der Waals surface area (Å²) in [5.41, 5.74) is 0.207. The molecule has 19 heavy (non-hydrogen) atoms. The fourth-order valence-electron chi connectivity index (χ4n) is 1.50. The number of benzene rings is 1. The molecule has 1 aromatic rings. The summed E-state index contributed by atoms with van der Waals surface area (Å²) < 4.78 is 13.5. The zero-order valence-corrected chi connectivity index (χ0v) is 12.4. The van der Waals surface area contributed by atoms with Crippen LogP contribution >= 0.6 is 11.6 Å². The summed E-state index contributed by atoms with van der Waals surface area (Å²) in [6.45, 7) is 7.76. The molecule has 1 aromatic carbocycles. The van der Waals surface area contributed by atoms with E-state index in [0.29, 0.717) is 10.6 Å². The molecule has 0 radical (unpaired) electrons. The molecule has 0 aromatic heterocycles. The largest absolute Gasteiger partial charge is 0.350 e. The van der Waals surface area contributed by atoms with Gasteiger partial charge in [0.2, 0.25) is 5.91 Å². The van der Waals surface area contributed by atoms with Crippen LogP contribution in [0.1, 0.15) is 33.3 Å². The quantitative estimate of drug-likeness (QED) is 0.894. The van der Waals surface area contributed by atoms with Crippen LogP contribution in [0, 0.1) is 5.82 Å². The number of rotatable bonds is 4. The third kappa shape index (κ3) is 5.57. The smallest absolute Gasteiger partial charge is 0.237 e. The Morgan fingerprint density at radius 2 is 2.05 bits per heavy atom. The first kappa shape index (κ1) is 15.9. The molecule has 0 aliphatic rings. The zero-order valence-electron chi connectivity index (χ0n) is 11.7. The van der Waals surface area contributed by atoms with E-state index in [2.05, 4.69) is 10.6 Å². The van der Waals surface area contributed by atoms with E-state index in [1.807, 2.05) is 20.8 Å². The molecule has 1 atom stereocenters. The predicted octanol–water partition coefficient (Wildman–Crippen LogP) is 2.87. The molecule has 106 valence electrons. The van der Waals surface area contributed by atoms with Crippen molar-refractivity contribution in [3.63, 3.8) is 0 Å². The van der Waals surface area contributed by atoms with Gasteiger partial charge in [0.05, 0.1) is 6.04 Å². The second-order valence-corrected chi connectivity index (χ2v) is 6.01. The van der Waals surface area contributed by atoms with Crippen LogP contribution in [0.5, 0.6) is 0 Å². The van der Waals surface area contributed by atoms with Gasteiger partial charge >= 0.3 is 0 Å². The molecule has 0 bridgehead atoms. The van der Waals surface area contributed by atoms with Gasteiger partial charge in [0.1, 0.15) is 5.82 Å². The highest BCUT2D eigenvalue weighted by Crippen LogP contribution is 2.14. The van der Waals surface area contributed by atoms with Gasteiger partial charge in [-0.05, 0) is 39.8 Å². The molecule has 0 saturated heterocycles. The van der Waals surface area contributed by atoms with Gasteiger partial charge in [0.25, 0.3) is 0 Å². The van der Waals surface area contributed by atoms with Crippen LogP contribution < -0.4 is 10.6 Å². The Bertz CT molecular complexity index is 457. The Balaban J connectivity index is 2.54. The lowest BCUT2D eigenvalue weighted by molar-refractivity contribution is -0.124. The molecule has 0 heterocycles. The van der Waals surface area contributed by atoms with Crippen molar-refractivity contribution in [1.82, 2.24) is 10.6 Å². The average Bonchev–Trinajstić information content (AvgIpc) is 2.25. The molecule has 1 unspecified atom stereocenters. The van der Waals surface area contributed by atoms with E-state index in [4.69, 9.17) is 11.6 Å². The summed E-state index contributed by atoms with van der Waals surface area (Å²) in [5.74, 6) is -0.481. The van der Waals surface area contributed by atoms with Gasteiger partial charge in [-0.1, -0.05) is 17.7 Å². The maximum absolute atomic E-state index is 13.5. The highest BCUT2D eigenvalue weighted by molar-refractivity contribution is 6.30. The molecule has 5 heteroatoms. The van der Waals surface area contributed by atoms with E-state index in [9.17, 15) is 9.18 Å². The van der Waals surface area contributed by atoms with Gasteiger partial charge in [-0.25, -0.2) is 4.39 Å². The predicted molar refractivity (Wildman–Crippen MR) is 75.6 cm³/mol. The number of amides is 1. The summed E-state index contributed by atoms with van der Waals surface area (Å²) in [6.07, 6.45) is 0. The molecule has 0 saturated carbocycles. The van der Waals surface area contributed by atoms with E-state index in [-0.39, 0.29) is 23.8 Å². The second kappa shape index (κ2) is 6.35. The number of hydrogen-bond donors (Lipinski definition) is 2. The summed E-state index contributed by atoms with van der Waals surface area (Å²) in [5, 5.41) is 6.21. The third-order valence-corrected chi connectivity index (χ3v) is 2.74. The maximum Gasteiger partial charge on any atom is 0.237 e. The first-order valence-electron chi connectivity index (χ1n) is 6.18. The maximum atomic E-state index is 13.5. The van der Waals surface area contributed by atoms with Crippen LogP contribution in [0.2, 0.25) is 5.02 Å². The summed E-state index contributed by atoms with van der Waals surface area (Å²) >= 11 is 5.68. The van der Waals surface area contributed by atoms with Crippen molar-refractivity contribution in [2.45, 2.75) is 45.8 Å². The lowest BCUT2D eigenvalue weighted by atomic mass is 10.1. The summed E-state index contributed by atoms with van der Waals surface area (Å²) in [7, 11) is 0. The Hall–Kier alpha value is -1.13. The topological polar surface area (TPSA) is 41.1 Å². The van der Waals surface area contributed by atoms with E-state index in [1.54, 1.807) is 19.1 Å². The third-order valence-electron chi connectivity index (χ3n) is 2.51. The molecule has 0 fully saturated rings. The lowest BCUT2D eigenvalue weighted by Crippen LogP contribution is -2.49.